The lowest BCUT2D eigenvalue weighted by atomic mass is 9.93. The van der Waals surface area contributed by atoms with Crippen molar-refractivity contribution in [3.63, 3.8) is 0 Å². The SMILES string of the molecule is O=C(CNCCC1CCN(Cc2ccccc2)CC1)NC1c2ccccc2-c2ccccc21. The summed E-state index contributed by atoms with van der Waals surface area (Å²) in [6.07, 6.45) is 3.63. The Hall–Kier alpha value is -2.95. The minimum Gasteiger partial charge on any atom is -0.344 e. The second-order valence-corrected chi connectivity index (χ2v) is 9.35. The minimum atomic E-state index is -0.0550. The first-order valence-corrected chi connectivity index (χ1v) is 12.2. The number of amides is 1. The quantitative estimate of drug-likeness (QED) is 0.497. The number of piperidine rings is 1. The highest BCUT2D eigenvalue weighted by Crippen LogP contribution is 2.42. The third-order valence-electron chi connectivity index (χ3n) is 7.11. The van der Waals surface area contributed by atoms with Gasteiger partial charge in [0.1, 0.15) is 0 Å². The molecule has 1 fully saturated rings. The van der Waals surface area contributed by atoms with Crippen LogP contribution in [-0.2, 0) is 11.3 Å². The molecule has 4 heteroatoms. The number of carbonyl (C=O) groups excluding carboxylic acids is 1. The maximum Gasteiger partial charge on any atom is 0.234 e. The van der Waals surface area contributed by atoms with Crippen molar-refractivity contribution in [2.24, 2.45) is 5.92 Å². The molecule has 0 bridgehead atoms. The summed E-state index contributed by atoms with van der Waals surface area (Å²) in [5.41, 5.74) is 6.23. The molecule has 2 N–H and O–H groups in total. The zero-order chi connectivity index (χ0) is 22.5. The van der Waals surface area contributed by atoms with E-state index in [2.05, 4.69) is 82.3 Å². The van der Waals surface area contributed by atoms with Gasteiger partial charge in [0.05, 0.1) is 12.6 Å². The number of nitrogens with one attached hydrogen (secondary N) is 2. The molecule has 0 atom stereocenters. The Morgan fingerprint density at radius 1 is 0.818 bits per heavy atom. The lowest BCUT2D eigenvalue weighted by Gasteiger charge is -2.32. The van der Waals surface area contributed by atoms with Crippen molar-refractivity contribution in [3.05, 3.63) is 95.6 Å². The van der Waals surface area contributed by atoms with Crippen LogP contribution in [0.1, 0.15) is 42.0 Å². The fraction of sp³-hybridized carbons (Fsp3) is 0.345. The van der Waals surface area contributed by atoms with Crippen LogP contribution < -0.4 is 10.6 Å². The molecule has 4 nitrogen and oxygen atoms in total. The molecular formula is C29H33N3O. The normalized spacial score (nSPS) is 16.4. The molecule has 2 aliphatic rings. The third kappa shape index (κ3) is 5.18. The summed E-state index contributed by atoms with van der Waals surface area (Å²) in [6.45, 7) is 4.66. The summed E-state index contributed by atoms with van der Waals surface area (Å²) in [6, 6.07) is 27.4. The van der Waals surface area contributed by atoms with Gasteiger partial charge in [-0.1, -0.05) is 78.9 Å². The van der Waals surface area contributed by atoms with Crippen molar-refractivity contribution in [2.75, 3.05) is 26.2 Å². The number of likely N-dealkylation sites (tertiary alicyclic amines) is 1. The van der Waals surface area contributed by atoms with Gasteiger partial charge < -0.3 is 10.6 Å². The van der Waals surface area contributed by atoms with Crippen molar-refractivity contribution in [1.29, 1.82) is 0 Å². The van der Waals surface area contributed by atoms with Crippen LogP contribution in [0.15, 0.2) is 78.9 Å². The highest BCUT2D eigenvalue weighted by Gasteiger charge is 2.29. The molecule has 0 spiro atoms. The molecule has 1 heterocycles. The van der Waals surface area contributed by atoms with Gasteiger partial charge in [-0.25, -0.2) is 0 Å². The summed E-state index contributed by atoms with van der Waals surface area (Å²) in [5, 5.41) is 6.63. The van der Waals surface area contributed by atoms with E-state index in [1.165, 1.54) is 53.7 Å². The number of benzene rings is 3. The maximum atomic E-state index is 12.7. The van der Waals surface area contributed by atoms with Gasteiger partial charge in [0, 0.05) is 6.54 Å². The van der Waals surface area contributed by atoms with Gasteiger partial charge in [-0.2, -0.15) is 0 Å². The predicted octanol–water partition coefficient (Wildman–Crippen LogP) is 4.76. The molecular weight excluding hydrogens is 406 g/mol. The molecule has 1 aliphatic carbocycles. The summed E-state index contributed by atoms with van der Waals surface area (Å²) in [5.74, 6) is 0.811. The Balaban J connectivity index is 1.04. The van der Waals surface area contributed by atoms with E-state index in [1.807, 2.05) is 12.1 Å². The average molecular weight is 440 g/mol. The first kappa shape index (κ1) is 21.9. The van der Waals surface area contributed by atoms with Gasteiger partial charge >= 0.3 is 0 Å². The fourth-order valence-electron chi connectivity index (χ4n) is 5.31. The monoisotopic (exact) mass is 439 g/mol. The maximum absolute atomic E-state index is 12.7. The molecule has 1 saturated heterocycles. The zero-order valence-corrected chi connectivity index (χ0v) is 19.2. The van der Waals surface area contributed by atoms with Crippen LogP contribution in [0, 0.1) is 5.92 Å². The van der Waals surface area contributed by atoms with Crippen LogP contribution in [0.5, 0.6) is 0 Å². The molecule has 5 rings (SSSR count). The zero-order valence-electron chi connectivity index (χ0n) is 19.2. The molecule has 170 valence electrons. The molecule has 3 aromatic rings. The highest BCUT2D eigenvalue weighted by molar-refractivity contribution is 5.84. The first-order chi connectivity index (χ1) is 16.3. The van der Waals surface area contributed by atoms with Crippen LogP contribution in [0.2, 0.25) is 0 Å². The van der Waals surface area contributed by atoms with Crippen LogP contribution in [0.3, 0.4) is 0 Å². The molecule has 0 aromatic heterocycles. The van der Waals surface area contributed by atoms with Gasteiger partial charge in [0.15, 0.2) is 0 Å². The Kier molecular flexibility index (Phi) is 6.84. The standard InChI is InChI=1S/C29H33N3O/c33-28(31-29-26-12-6-4-10-24(26)25-11-5-7-13-27(25)29)20-30-17-14-22-15-18-32(19-16-22)21-23-8-2-1-3-9-23/h1-13,22,29-30H,14-21H2,(H,31,33). The van der Waals surface area contributed by atoms with E-state index in [0.29, 0.717) is 6.54 Å². The first-order valence-electron chi connectivity index (χ1n) is 12.2. The van der Waals surface area contributed by atoms with E-state index in [9.17, 15) is 4.79 Å². The molecule has 0 unspecified atom stereocenters. The van der Waals surface area contributed by atoms with E-state index >= 15 is 0 Å². The van der Waals surface area contributed by atoms with Crippen LogP contribution >= 0.6 is 0 Å². The minimum absolute atomic E-state index is 0.0550. The van der Waals surface area contributed by atoms with E-state index in [-0.39, 0.29) is 11.9 Å². The Bertz CT molecular complexity index is 1030. The van der Waals surface area contributed by atoms with Crippen molar-refractivity contribution in [1.82, 2.24) is 15.5 Å². The molecule has 1 aliphatic heterocycles. The summed E-state index contributed by atoms with van der Waals surface area (Å²) in [4.78, 5) is 15.3. The van der Waals surface area contributed by atoms with E-state index < -0.39 is 0 Å². The van der Waals surface area contributed by atoms with E-state index in [4.69, 9.17) is 0 Å². The lowest BCUT2D eigenvalue weighted by molar-refractivity contribution is -0.120. The van der Waals surface area contributed by atoms with E-state index in [1.54, 1.807) is 0 Å². The smallest absolute Gasteiger partial charge is 0.234 e. The van der Waals surface area contributed by atoms with Crippen molar-refractivity contribution < 1.29 is 4.79 Å². The summed E-state index contributed by atoms with van der Waals surface area (Å²) >= 11 is 0. The third-order valence-corrected chi connectivity index (χ3v) is 7.11. The number of rotatable bonds is 8. The highest BCUT2D eigenvalue weighted by atomic mass is 16.2. The second kappa shape index (κ2) is 10.3. The molecule has 3 aromatic carbocycles. The number of fused-ring (bicyclic) bond motifs is 3. The Morgan fingerprint density at radius 2 is 1.42 bits per heavy atom. The summed E-state index contributed by atoms with van der Waals surface area (Å²) in [7, 11) is 0. The number of nitrogens with zero attached hydrogens (tertiary/aromatic N) is 1. The van der Waals surface area contributed by atoms with Crippen LogP contribution in [0.25, 0.3) is 11.1 Å². The summed E-state index contributed by atoms with van der Waals surface area (Å²) < 4.78 is 0. The molecule has 33 heavy (non-hydrogen) atoms. The van der Waals surface area contributed by atoms with Gasteiger partial charge in [-0.15, -0.1) is 0 Å². The van der Waals surface area contributed by atoms with E-state index in [0.717, 1.165) is 25.4 Å². The van der Waals surface area contributed by atoms with Crippen molar-refractivity contribution in [2.45, 2.75) is 31.8 Å². The van der Waals surface area contributed by atoms with Gasteiger partial charge in [0.2, 0.25) is 5.91 Å². The van der Waals surface area contributed by atoms with Gasteiger partial charge in [-0.05, 0) is 72.6 Å². The Labute approximate surface area is 197 Å². The predicted molar refractivity (Wildman–Crippen MR) is 134 cm³/mol. The molecule has 0 saturated carbocycles. The van der Waals surface area contributed by atoms with Gasteiger partial charge in [0.25, 0.3) is 0 Å². The number of hydrogen-bond donors (Lipinski definition) is 2. The van der Waals surface area contributed by atoms with Crippen LogP contribution in [-0.4, -0.2) is 37.0 Å². The number of hydrogen-bond acceptors (Lipinski definition) is 3. The largest absolute Gasteiger partial charge is 0.344 e. The van der Waals surface area contributed by atoms with Crippen molar-refractivity contribution >= 4 is 5.91 Å². The average Bonchev–Trinajstić information content (AvgIpc) is 3.17. The van der Waals surface area contributed by atoms with Gasteiger partial charge in [-0.3, -0.25) is 9.69 Å². The Morgan fingerprint density at radius 3 is 2.09 bits per heavy atom. The topological polar surface area (TPSA) is 44.4 Å². The van der Waals surface area contributed by atoms with Crippen LogP contribution in [0.4, 0.5) is 0 Å². The van der Waals surface area contributed by atoms with Crippen molar-refractivity contribution in [3.8, 4) is 11.1 Å². The lowest BCUT2D eigenvalue weighted by Crippen LogP contribution is -2.37. The fourth-order valence-corrected chi connectivity index (χ4v) is 5.31. The second-order valence-electron chi connectivity index (χ2n) is 9.35. The molecule has 0 radical (unpaired) electrons. The molecule has 1 amide bonds. The number of carbonyl (C=O) groups is 1.